The summed E-state index contributed by atoms with van der Waals surface area (Å²) in [6.45, 7) is 5.09. The summed E-state index contributed by atoms with van der Waals surface area (Å²) >= 11 is 0. The van der Waals surface area contributed by atoms with Crippen molar-refractivity contribution in [2.75, 3.05) is 7.11 Å². The Labute approximate surface area is 149 Å². The van der Waals surface area contributed by atoms with E-state index in [-0.39, 0.29) is 11.9 Å². The molecule has 8 heteroatoms. The van der Waals surface area contributed by atoms with Gasteiger partial charge in [0.1, 0.15) is 11.6 Å². The molecule has 0 aliphatic rings. The number of nitrogens with one attached hydrogen (secondary N) is 1. The Kier molecular flexibility index (Phi) is 5.74. The number of halogens is 2. The van der Waals surface area contributed by atoms with Gasteiger partial charge in [0.15, 0.2) is 11.6 Å². The minimum Gasteiger partial charge on any atom is -0.467 e. The van der Waals surface area contributed by atoms with Crippen molar-refractivity contribution in [2.45, 2.75) is 38.8 Å². The van der Waals surface area contributed by atoms with Crippen LogP contribution in [-0.4, -0.2) is 35.8 Å². The zero-order valence-electron chi connectivity index (χ0n) is 14.9. The lowest BCUT2D eigenvalue weighted by Crippen LogP contribution is -2.45. The molecule has 0 radical (unpaired) electrons. The van der Waals surface area contributed by atoms with Crippen molar-refractivity contribution >= 4 is 23.0 Å². The number of hydrogen-bond donors (Lipinski definition) is 1. The molecule has 0 spiro atoms. The number of hydrogen-bond acceptors (Lipinski definition) is 5. The molecule has 2 rings (SSSR count). The van der Waals surface area contributed by atoms with Gasteiger partial charge in [0, 0.05) is 24.1 Å². The van der Waals surface area contributed by atoms with Crippen LogP contribution >= 0.6 is 0 Å². The number of methoxy groups -OCH3 is 1. The van der Waals surface area contributed by atoms with Gasteiger partial charge in [-0.3, -0.25) is 4.98 Å². The Hall–Kier alpha value is -2.77. The highest BCUT2D eigenvalue weighted by molar-refractivity contribution is 5.82. The van der Waals surface area contributed by atoms with Gasteiger partial charge in [-0.05, 0) is 38.5 Å². The number of ether oxygens (including phenoxy) is 2. The van der Waals surface area contributed by atoms with Gasteiger partial charge in [-0.2, -0.15) is 0 Å². The zero-order chi connectivity index (χ0) is 19.5. The number of pyridine rings is 1. The second kappa shape index (κ2) is 7.63. The highest BCUT2D eigenvalue weighted by Crippen LogP contribution is 2.19. The van der Waals surface area contributed by atoms with Crippen molar-refractivity contribution < 1.29 is 27.8 Å². The maximum atomic E-state index is 13.4. The van der Waals surface area contributed by atoms with Crippen molar-refractivity contribution in [1.29, 1.82) is 0 Å². The van der Waals surface area contributed by atoms with Crippen molar-refractivity contribution in [3.63, 3.8) is 0 Å². The lowest BCUT2D eigenvalue weighted by atomic mass is 10.1. The summed E-state index contributed by atoms with van der Waals surface area (Å²) in [7, 11) is 1.20. The van der Waals surface area contributed by atoms with Gasteiger partial charge in [0.05, 0.1) is 12.6 Å². The Bertz CT molecular complexity index is 834. The van der Waals surface area contributed by atoms with E-state index in [4.69, 9.17) is 9.47 Å². The van der Waals surface area contributed by atoms with E-state index in [1.54, 1.807) is 26.8 Å². The fourth-order valence-electron chi connectivity index (χ4n) is 2.30. The highest BCUT2D eigenvalue weighted by Gasteiger charge is 2.25. The first-order valence-corrected chi connectivity index (χ1v) is 7.90. The number of esters is 1. The lowest BCUT2D eigenvalue weighted by Gasteiger charge is -2.22. The van der Waals surface area contributed by atoms with E-state index >= 15 is 0 Å². The summed E-state index contributed by atoms with van der Waals surface area (Å²) in [6, 6.07) is 2.57. The van der Waals surface area contributed by atoms with Crippen LogP contribution in [0.2, 0.25) is 0 Å². The molecule has 140 valence electrons. The number of carbonyl (C=O) groups excluding carboxylic acids is 2. The molecule has 1 amide bonds. The highest BCUT2D eigenvalue weighted by atomic mass is 19.2. The Balaban J connectivity index is 2.22. The predicted molar refractivity (Wildman–Crippen MR) is 90.5 cm³/mol. The first-order chi connectivity index (χ1) is 12.1. The summed E-state index contributed by atoms with van der Waals surface area (Å²) < 4.78 is 36.5. The number of alkyl carbamates (subject to hydrolysis) is 1. The summed E-state index contributed by atoms with van der Waals surface area (Å²) in [5, 5.41) is 2.82. The summed E-state index contributed by atoms with van der Waals surface area (Å²) in [5.74, 6) is -2.65. The van der Waals surface area contributed by atoms with E-state index in [9.17, 15) is 18.4 Å². The molecule has 1 N–H and O–H groups in total. The average Bonchev–Trinajstić information content (AvgIpc) is 2.53. The third-order valence-electron chi connectivity index (χ3n) is 3.40. The average molecular weight is 366 g/mol. The zero-order valence-corrected chi connectivity index (χ0v) is 14.9. The minimum absolute atomic E-state index is 0.0495. The molecule has 0 saturated heterocycles. The number of amides is 1. The van der Waals surface area contributed by atoms with E-state index in [2.05, 4.69) is 10.3 Å². The van der Waals surface area contributed by atoms with Crippen LogP contribution < -0.4 is 5.32 Å². The fraction of sp³-hybridized carbons (Fsp3) is 0.389. The van der Waals surface area contributed by atoms with Crippen molar-refractivity contribution in [3.05, 3.63) is 41.6 Å². The first-order valence-electron chi connectivity index (χ1n) is 7.90. The van der Waals surface area contributed by atoms with Crippen LogP contribution in [0.4, 0.5) is 13.6 Å². The standard InChI is InChI=1S/C18H20F2N2O4/c1-18(2,3)26-17(24)22-15(16(23)25-4)6-10-5-11-7-12(19)13(20)8-14(11)21-9-10/h5,7-9,15H,6H2,1-4H3,(H,22,24)/t15-/m0/s1. The van der Waals surface area contributed by atoms with Gasteiger partial charge >= 0.3 is 12.1 Å². The molecule has 0 aliphatic heterocycles. The Morgan fingerprint density at radius 1 is 1.19 bits per heavy atom. The molecule has 26 heavy (non-hydrogen) atoms. The molecule has 1 aromatic heterocycles. The number of aromatic nitrogens is 1. The Morgan fingerprint density at radius 3 is 2.46 bits per heavy atom. The van der Waals surface area contributed by atoms with E-state index in [0.29, 0.717) is 10.9 Å². The second-order valence-electron chi connectivity index (χ2n) is 6.73. The number of benzene rings is 1. The largest absolute Gasteiger partial charge is 0.467 e. The first kappa shape index (κ1) is 19.6. The molecule has 2 aromatic rings. The third-order valence-corrected chi connectivity index (χ3v) is 3.40. The number of nitrogens with zero attached hydrogens (tertiary/aromatic N) is 1. The van der Waals surface area contributed by atoms with Crippen LogP contribution in [0.1, 0.15) is 26.3 Å². The molecule has 6 nitrogen and oxygen atoms in total. The topological polar surface area (TPSA) is 77.5 Å². The molecule has 0 unspecified atom stereocenters. The molecule has 1 heterocycles. The number of fused-ring (bicyclic) bond motifs is 1. The molecular formula is C18H20F2N2O4. The fourth-order valence-corrected chi connectivity index (χ4v) is 2.30. The molecule has 0 fully saturated rings. The second-order valence-corrected chi connectivity index (χ2v) is 6.73. The van der Waals surface area contributed by atoms with Gasteiger partial charge in [0.2, 0.25) is 0 Å². The van der Waals surface area contributed by atoms with Crippen LogP contribution in [0.5, 0.6) is 0 Å². The van der Waals surface area contributed by atoms with Crippen LogP contribution in [0, 0.1) is 11.6 Å². The lowest BCUT2D eigenvalue weighted by molar-refractivity contribution is -0.143. The monoisotopic (exact) mass is 366 g/mol. The van der Waals surface area contributed by atoms with Gasteiger partial charge in [-0.15, -0.1) is 0 Å². The summed E-state index contributed by atoms with van der Waals surface area (Å²) in [5.41, 5.74) is 0.0916. The van der Waals surface area contributed by atoms with Crippen molar-refractivity contribution in [1.82, 2.24) is 10.3 Å². The molecule has 0 aliphatic carbocycles. The normalized spacial score (nSPS) is 12.5. The van der Waals surface area contributed by atoms with Crippen LogP contribution in [0.25, 0.3) is 10.9 Å². The SMILES string of the molecule is COC(=O)[C@H](Cc1cnc2cc(F)c(F)cc2c1)NC(=O)OC(C)(C)C. The molecule has 0 saturated carbocycles. The quantitative estimate of drug-likeness (QED) is 0.842. The Morgan fingerprint density at radius 2 is 1.85 bits per heavy atom. The summed E-state index contributed by atoms with van der Waals surface area (Å²) in [6.07, 6.45) is 0.704. The van der Waals surface area contributed by atoms with Crippen molar-refractivity contribution in [3.8, 4) is 0 Å². The number of carbonyl (C=O) groups is 2. The van der Waals surface area contributed by atoms with Crippen molar-refractivity contribution in [2.24, 2.45) is 0 Å². The van der Waals surface area contributed by atoms with Gasteiger partial charge in [0.25, 0.3) is 0 Å². The predicted octanol–water partition coefficient (Wildman–Crippen LogP) is 3.12. The van der Waals surface area contributed by atoms with Crippen LogP contribution in [-0.2, 0) is 20.7 Å². The maximum Gasteiger partial charge on any atom is 0.408 e. The minimum atomic E-state index is -1.01. The van der Waals surface area contributed by atoms with E-state index < -0.39 is 35.3 Å². The maximum absolute atomic E-state index is 13.4. The van der Waals surface area contributed by atoms with Gasteiger partial charge in [-0.1, -0.05) is 0 Å². The van der Waals surface area contributed by atoms with Gasteiger partial charge < -0.3 is 14.8 Å². The summed E-state index contributed by atoms with van der Waals surface area (Å²) in [4.78, 5) is 27.9. The number of rotatable bonds is 4. The molecule has 1 aromatic carbocycles. The third kappa shape index (κ3) is 5.11. The smallest absolute Gasteiger partial charge is 0.408 e. The van der Waals surface area contributed by atoms with Gasteiger partial charge in [-0.25, -0.2) is 18.4 Å². The van der Waals surface area contributed by atoms with Crippen LogP contribution in [0.15, 0.2) is 24.4 Å². The molecule has 1 atom stereocenters. The van der Waals surface area contributed by atoms with Crippen LogP contribution in [0.3, 0.4) is 0 Å². The molecule has 0 bridgehead atoms. The van der Waals surface area contributed by atoms with E-state index in [0.717, 1.165) is 12.1 Å². The molecular weight excluding hydrogens is 346 g/mol. The van der Waals surface area contributed by atoms with E-state index in [1.807, 2.05) is 0 Å². The van der Waals surface area contributed by atoms with E-state index in [1.165, 1.54) is 13.3 Å².